The Labute approximate surface area is 217 Å². The van der Waals surface area contributed by atoms with Gasteiger partial charge in [0, 0.05) is 33.1 Å². The maximum absolute atomic E-state index is 13.2. The molecule has 1 aliphatic heterocycles. The van der Waals surface area contributed by atoms with Crippen molar-refractivity contribution in [2.75, 3.05) is 24.5 Å². The van der Waals surface area contributed by atoms with E-state index in [1.165, 1.54) is 30.4 Å². The van der Waals surface area contributed by atoms with Gasteiger partial charge in [-0.15, -0.1) is 0 Å². The van der Waals surface area contributed by atoms with Gasteiger partial charge in [0.05, 0.1) is 21.8 Å². The van der Waals surface area contributed by atoms with E-state index in [1.807, 2.05) is 37.3 Å². The molecule has 5 rings (SSSR count). The summed E-state index contributed by atoms with van der Waals surface area (Å²) in [5.74, 6) is 0.176. The highest BCUT2D eigenvalue weighted by molar-refractivity contribution is 7.22. The van der Waals surface area contributed by atoms with Crippen LogP contribution in [0.3, 0.4) is 0 Å². The van der Waals surface area contributed by atoms with Gasteiger partial charge in [0.1, 0.15) is 5.75 Å². The molecule has 192 valence electrons. The molecular weight excluding hydrogens is 499 g/mol. The van der Waals surface area contributed by atoms with Crippen molar-refractivity contribution in [3.05, 3.63) is 89.0 Å². The highest BCUT2D eigenvalue weighted by Gasteiger charge is 2.32. The van der Waals surface area contributed by atoms with Gasteiger partial charge < -0.3 is 9.64 Å². The van der Waals surface area contributed by atoms with Crippen molar-refractivity contribution >= 4 is 32.7 Å². The van der Waals surface area contributed by atoms with Crippen LogP contribution in [0.4, 0.5) is 18.3 Å². The largest absolute Gasteiger partial charge is 0.427 e. The Bertz CT molecular complexity index is 1420. The first-order valence-corrected chi connectivity index (χ1v) is 12.8. The van der Waals surface area contributed by atoms with Crippen LogP contribution in [-0.4, -0.2) is 35.5 Å². The van der Waals surface area contributed by atoms with E-state index in [0.717, 1.165) is 34.4 Å². The Balaban J connectivity index is 1.42. The Morgan fingerprint density at radius 1 is 1.08 bits per heavy atom. The number of benzene rings is 3. The van der Waals surface area contributed by atoms with Gasteiger partial charge in [-0.2, -0.15) is 13.2 Å². The predicted molar refractivity (Wildman–Crippen MR) is 139 cm³/mol. The van der Waals surface area contributed by atoms with Crippen molar-refractivity contribution < 1.29 is 22.7 Å². The van der Waals surface area contributed by atoms with Gasteiger partial charge in [0.25, 0.3) is 0 Å². The van der Waals surface area contributed by atoms with Crippen LogP contribution in [0.15, 0.2) is 66.7 Å². The zero-order valence-corrected chi connectivity index (χ0v) is 21.3. The molecule has 1 aromatic heterocycles. The lowest BCUT2D eigenvalue weighted by Crippen LogP contribution is -2.48. The minimum absolute atomic E-state index is 0.0467. The number of aryl methyl sites for hydroxylation is 1. The maximum atomic E-state index is 13.2. The number of hydrogen-bond donors (Lipinski definition) is 0. The van der Waals surface area contributed by atoms with Crippen LogP contribution in [0.5, 0.6) is 5.75 Å². The number of nitrogens with zero attached hydrogens (tertiary/aromatic N) is 3. The minimum atomic E-state index is -4.38. The van der Waals surface area contributed by atoms with E-state index >= 15 is 0 Å². The number of hydrogen-bond acceptors (Lipinski definition) is 6. The number of thiazole rings is 1. The molecule has 5 nitrogen and oxygen atoms in total. The Morgan fingerprint density at radius 2 is 1.86 bits per heavy atom. The maximum Gasteiger partial charge on any atom is 0.416 e. The number of fused-ring (bicyclic) bond motifs is 1. The van der Waals surface area contributed by atoms with E-state index in [4.69, 9.17) is 4.74 Å². The fraction of sp³-hybridized carbons (Fsp3) is 0.286. The number of ether oxygens (including phenoxy) is 1. The first kappa shape index (κ1) is 25.2. The second kappa shape index (κ2) is 10.1. The summed E-state index contributed by atoms with van der Waals surface area (Å²) in [5.41, 5.74) is 3.13. The summed E-state index contributed by atoms with van der Waals surface area (Å²) in [6, 6.07) is 19.8. The Kier molecular flexibility index (Phi) is 6.92. The van der Waals surface area contributed by atoms with Crippen molar-refractivity contribution in [2.45, 2.75) is 32.6 Å². The van der Waals surface area contributed by atoms with E-state index in [-0.39, 0.29) is 12.0 Å². The molecule has 0 bridgehead atoms. The second-order valence-corrected chi connectivity index (χ2v) is 10.3. The number of aromatic nitrogens is 1. The molecule has 1 aliphatic rings. The molecule has 1 atom stereocenters. The van der Waals surface area contributed by atoms with Gasteiger partial charge in [-0.25, -0.2) is 4.98 Å². The molecular formula is C28H26F3N3O2S. The van der Waals surface area contributed by atoms with Gasteiger partial charge in [-0.05, 0) is 53.9 Å². The summed E-state index contributed by atoms with van der Waals surface area (Å²) in [5, 5.41) is 0.725. The fourth-order valence-electron chi connectivity index (χ4n) is 4.77. The van der Waals surface area contributed by atoms with Crippen LogP contribution in [0.25, 0.3) is 10.2 Å². The molecule has 2 heterocycles. The number of rotatable bonds is 5. The summed E-state index contributed by atoms with van der Waals surface area (Å²) in [6.07, 6.45) is -4.38. The monoisotopic (exact) mass is 525 g/mol. The first-order valence-electron chi connectivity index (χ1n) is 12.0. The third-order valence-corrected chi connectivity index (χ3v) is 7.49. The van der Waals surface area contributed by atoms with Crippen molar-refractivity contribution in [3.8, 4) is 5.75 Å². The van der Waals surface area contributed by atoms with E-state index in [2.05, 4.69) is 33.0 Å². The van der Waals surface area contributed by atoms with E-state index in [9.17, 15) is 18.0 Å². The fourth-order valence-corrected chi connectivity index (χ4v) is 5.81. The Morgan fingerprint density at radius 3 is 2.59 bits per heavy atom. The van der Waals surface area contributed by atoms with Gasteiger partial charge in [-0.3, -0.25) is 9.69 Å². The molecule has 0 saturated carbocycles. The summed E-state index contributed by atoms with van der Waals surface area (Å²) in [6.45, 7) is 6.10. The molecule has 0 aliphatic carbocycles. The molecule has 3 aromatic carbocycles. The number of esters is 1. The molecule has 0 N–H and O–H groups in total. The number of piperazine rings is 1. The topological polar surface area (TPSA) is 45.7 Å². The first-order chi connectivity index (χ1) is 17.7. The molecule has 4 aromatic rings. The molecule has 1 saturated heterocycles. The molecule has 1 unspecified atom stereocenters. The van der Waals surface area contributed by atoms with Crippen molar-refractivity contribution in [1.29, 1.82) is 0 Å². The zero-order valence-electron chi connectivity index (χ0n) is 20.5. The zero-order chi connectivity index (χ0) is 26.2. The minimum Gasteiger partial charge on any atom is -0.427 e. The molecule has 0 radical (unpaired) electrons. The van der Waals surface area contributed by atoms with Gasteiger partial charge in [0.2, 0.25) is 0 Å². The number of anilines is 1. The highest BCUT2D eigenvalue weighted by Crippen LogP contribution is 2.37. The average molecular weight is 526 g/mol. The Hall–Kier alpha value is -3.43. The van der Waals surface area contributed by atoms with Crippen LogP contribution < -0.4 is 9.64 Å². The number of carbonyl (C=O) groups excluding carboxylic acids is 1. The van der Waals surface area contributed by atoms with Gasteiger partial charge in [-0.1, -0.05) is 47.7 Å². The highest BCUT2D eigenvalue weighted by atomic mass is 32.1. The summed E-state index contributed by atoms with van der Waals surface area (Å²) >= 11 is 1.29. The average Bonchev–Trinajstić information content (AvgIpc) is 3.27. The number of halogens is 3. The summed E-state index contributed by atoms with van der Waals surface area (Å²) in [7, 11) is 0. The lowest BCUT2D eigenvalue weighted by atomic mass is 10.0. The van der Waals surface area contributed by atoms with Crippen LogP contribution in [0.2, 0.25) is 0 Å². The smallest absolute Gasteiger partial charge is 0.416 e. The van der Waals surface area contributed by atoms with Crippen molar-refractivity contribution in [2.24, 2.45) is 0 Å². The molecule has 0 spiro atoms. The molecule has 0 amide bonds. The standard InChI is InChI=1S/C28H26F3N3O2S/c1-18-12-20(14-23(13-18)36-19(2)35)16-33-10-11-34(17-25(33)21-6-4-3-5-7-21)27-32-24-9-8-22(28(29,30)31)15-26(24)37-27/h3-9,12-15,25H,10-11,16-17H2,1-2H3. The van der Waals surface area contributed by atoms with Gasteiger partial charge >= 0.3 is 12.1 Å². The third-order valence-electron chi connectivity index (χ3n) is 6.41. The quantitative estimate of drug-likeness (QED) is 0.217. The van der Waals surface area contributed by atoms with Gasteiger partial charge in [0.15, 0.2) is 5.13 Å². The normalized spacial score (nSPS) is 16.8. The lowest BCUT2D eigenvalue weighted by molar-refractivity contribution is -0.137. The molecule has 37 heavy (non-hydrogen) atoms. The lowest BCUT2D eigenvalue weighted by Gasteiger charge is -2.41. The van der Waals surface area contributed by atoms with Crippen molar-refractivity contribution in [1.82, 2.24) is 9.88 Å². The number of alkyl halides is 3. The molecule has 1 fully saturated rings. The second-order valence-electron chi connectivity index (χ2n) is 9.27. The van der Waals surface area contributed by atoms with Crippen LogP contribution in [0, 0.1) is 6.92 Å². The van der Waals surface area contributed by atoms with Crippen LogP contribution in [-0.2, 0) is 17.5 Å². The predicted octanol–water partition coefficient (Wildman–Crippen LogP) is 6.61. The van der Waals surface area contributed by atoms with E-state index in [0.29, 0.717) is 35.6 Å². The van der Waals surface area contributed by atoms with Crippen LogP contribution in [0.1, 0.15) is 35.2 Å². The van der Waals surface area contributed by atoms with Crippen molar-refractivity contribution in [3.63, 3.8) is 0 Å². The molecule has 9 heteroatoms. The number of carbonyl (C=O) groups is 1. The van der Waals surface area contributed by atoms with Crippen LogP contribution >= 0.6 is 11.3 Å². The summed E-state index contributed by atoms with van der Waals surface area (Å²) in [4.78, 5) is 20.7. The van der Waals surface area contributed by atoms with E-state index < -0.39 is 11.7 Å². The van der Waals surface area contributed by atoms with E-state index in [1.54, 1.807) is 0 Å². The third kappa shape index (κ3) is 5.78. The summed E-state index contributed by atoms with van der Waals surface area (Å²) < 4.78 is 45.4. The SMILES string of the molecule is CC(=O)Oc1cc(C)cc(CN2CCN(c3nc4ccc(C(F)(F)F)cc4s3)CC2c2ccccc2)c1.